The molecule has 0 spiro atoms. The number of benzene rings is 1. The Morgan fingerprint density at radius 2 is 1.90 bits per heavy atom. The van der Waals surface area contributed by atoms with Gasteiger partial charge in [-0.2, -0.15) is 0 Å². The van der Waals surface area contributed by atoms with Crippen LogP contribution in [-0.2, 0) is 6.42 Å². The number of aromatic nitrogens is 1. The number of aryl methyl sites for hydroxylation is 1. The van der Waals surface area contributed by atoms with Gasteiger partial charge in [-0.15, -0.1) is 0 Å². The number of pyridine rings is 1. The van der Waals surface area contributed by atoms with Crippen LogP contribution in [0.25, 0.3) is 0 Å². The summed E-state index contributed by atoms with van der Waals surface area (Å²) in [6.07, 6.45) is 2.96. The van der Waals surface area contributed by atoms with Crippen molar-refractivity contribution >= 4 is 0 Å². The van der Waals surface area contributed by atoms with Crippen LogP contribution in [-0.4, -0.2) is 23.3 Å². The first-order valence-electron chi connectivity index (χ1n) is 6.92. The van der Waals surface area contributed by atoms with Crippen molar-refractivity contribution < 1.29 is 9.84 Å². The van der Waals surface area contributed by atoms with E-state index in [2.05, 4.69) is 4.98 Å². The average molecular weight is 271 g/mol. The number of rotatable bonds is 6. The fourth-order valence-electron chi connectivity index (χ4n) is 2.20. The fraction of sp³-hybridized carbons (Fsp3) is 0.353. The highest BCUT2D eigenvalue weighted by atomic mass is 16.5. The summed E-state index contributed by atoms with van der Waals surface area (Å²) in [4.78, 5) is 4.30. The lowest BCUT2D eigenvalue weighted by molar-refractivity contribution is 0.138. The van der Waals surface area contributed by atoms with Crippen molar-refractivity contribution in [3.8, 4) is 5.75 Å². The van der Waals surface area contributed by atoms with Gasteiger partial charge in [-0.05, 0) is 42.7 Å². The van der Waals surface area contributed by atoms with Crippen molar-refractivity contribution in [3.63, 3.8) is 0 Å². The molecule has 2 unspecified atom stereocenters. The Labute approximate surface area is 120 Å². The molecule has 3 heteroatoms. The maximum atomic E-state index is 10.3. The Balaban J connectivity index is 1.89. The second-order valence-electron chi connectivity index (χ2n) is 5.00. The highest BCUT2D eigenvalue weighted by molar-refractivity contribution is 5.27. The first-order chi connectivity index (χ1) is 9.70. The molecule has 0 bridgehead atoms. The van der Waals surface area contributed by atoms with Crippen molar-refractivity contribution in [2.24, 2.45) is 0 Å². The number of nitrogens with zero attached hydrogens (tertiary/aromatic N) is 1. The number of hydrogen-bond acceptors (Lipinski definition) is 3. The van der Waals surface area contributed by atoms with E-state index < -0.39 is 0 Å². The molecule has 0 aliphatic heterocycles. The van der Waals surface area contributed by atoms with Gasteiger partial charge in [0.2, 0.25) is 0 Å². The van der Waals surface area contributed by atoms with E-state index in [-0.39, 0.29) is 12.0 Å². The molecule has 0 saturated heterocycles. The molecule has 3 nitrogen and oxygen atoms in total. The fourth-order valence-corrected chi connectivity index (χ4v) is 2.20. The first kappa shape index (κ1) is 14.5. The summed E-state index contributed by atoms with van der Waals surface area (Å²) in [5.41, 5.74) is 2.15. The van der Waals surface area contributed by atoms with E-state index in [1.54, 1.807) is 13.3 Å². The van der Waals surface area contributed by atoms with E-state index in [4.69, 9.17) is 4.74 Å². The molecule has 20 heavy (non-hydrogen) atoms. The highest BCUT2D eigenvalue weighted by Crippen LogP contribution is 2.21. The number of ether oxygens (including phenoxy) is 1. The molecular formula is C17H21NO2. The Hall–Kier alpha value is -1.87. The van der Waals surface area contributed by atoms with Crippen LogP contribution in [0.4, 0.5) is 0 Å². The molecule has 1 aromatic heterocycles. The normalized spacial score (nSPS) is 13.8. The van der Waals surface area contributed by atoms with Crippen molar-refractivity contribution in [2.45, 2.75) is 31.8 Å². The molecule has 1 N–H and O–H groups in total. The first-order valence-corrected chi connectivity index (χ1v) is 6.92. The van der Waals surface area contributed by atoms with Crippen LogP contribution in [0.5, 0.6) is 5.75 Å². The standard InChI is InChI=1S/C17H21NO2/c1-13(16-5-3-4-12-18-16)17(19)11-8-14-6-9-15(20-2)10-7-14/h3-7,9-10,12-13,17,19H,8,11H2,1-2H3. The van der Waals surface area contributed by atoms with E-state index in [0.717, 1.165) is 24.3 Å². The summed E-state index contributed by atoms with van der Waals surface area (Å²) in [6.45, 7) is 2.01. The Kier molecular flexibility index (Phi) is 5.13. The lowest BCUT2D eigenvalue weighted by atomic mass is 9.95. The molecule has 0 radical (unpaired) electrons. The molecule has 0 amide bonds. The van der Waals surface area contributed by atoms with Crippen LogP contribution in [0, 0.1) is 0 Å². The minimum atomic E-state index is -0.382. The monoisotopic (exact) mass is 271 g/mol. The van der Waals surface area contributed by atoms with Gasteiger partial charge in [0.05, 0.1) is 13.2 Å². The summed E-state index contributed by atoms with van der Waals surface area (Å²) < 4.78 is 5.13. The number of aliphatic hydroxyl groups is 1. The Morgan fingerprint density at radius 3 is 2.50 bits per heavy atom. The third-order valence-electron chi connectivity index (χ3n) is 3.62. The minimum Gasteiger partial charge on any atom is -0.497 e. The van der Waals surface area contributed by atoms with E-state index >= 15 is 0 Å². The van der Waals surface area contributed by atoms with Gasteiger partial charge in [-0.1, -0.05) is 25.1 Å². The minimum absolute atomic E-state index is 0.0504. The van der Waals surface area contributed by atoms with E-state index in [0.29, 0.717) is 0 Å². The van der Waals surface area contributed by atoms with Crippen molar-refractivity contribution in [2.75, 3.05) is 7.11 Å². The molecule has 0 aliphatic rings. The Bertz CT molecular complexity index is 510. The van der Waals surface area contributed by atoms with Crippen LogP contribution < -0.4 is 4.74 Å². The highest BCUT2D eigenvalue weighted by Gasteiger charge is 2.16. The predicted octanol–water partition coefficient (Wildman–Crippen LogP) is 3.19. The predicted molar refractivity (Wildman–Crippen MR) is 80.0 cm³/mol. The molecule has 2 aromatic rings. The molecule has 0 fully saturated rings. The summed E-state index contributed by atoms with van der Waals surface area (Å²) in [7, 11) is 1.66. The SMILES string of the molecule is COc1ccc(CCC(O)C(C)c2ccccn2)cc1. The van der Waals surface area contributed by atoms with Crippen molar-refractivity contribution in [1.29, 1.82) is 0 Å². The zero-order valence-corrected chi connectivity index (χ0v) is 12.0. The Morgan fingerprint density at radius 1 is 1.15 bits per heavy atom. The molecule has 106 valence electrons. The smallest absolute Gasteiger partial charge is 0.118 e. The van der Waals surface area contributed by atoms with Crippen LogP contribution in [0.2, 0.25) is 0 Å². The zero-order valence-electron chi connectivity index (χ0n) is 12.0. The van der Waals surface area contributed by atoms with Gasteiger partial charge in [-0.25, -0.2) is 0 Å². The third kappa shape index (κ3) is 3.81. The molecule has 2 rings (SSSR count). The van der Waals surface area contributed by atoms with Gasteiger partial charge in [-0.3, -0.25) is 4.98 Å². The van der Waals surface area contributed by atoms with E-state index in [9.17, 15) is 5.11 Å². The molecule has 0 aliphatic carbocycles. The van der Waals surface area contributed by atoms with Gasteiger partial charge in [0.15, 0.2) is 0 Å². The van der Waals surface area contributed by atoms with Crippen molar-refractivity contribution in [3.05, 3.63) is 59.9 Å². The number of hydrogen-bond donors (Lipinski definition) is 1. The van der Waals surface area contributed by atoms with Crippen LogP contribution in [0.1, 0.15) is 30.5 Å². The number of methoxy groups -OCH3 is 1. The van der Waals surface area contributed by atoms with Crippen LogP contribution in [0.3, 0.4) is 0 Å². The van der Waals surface area contributed by atoms with E-state index in [1.807, 2.05) is 49.4 Å². The summed E-state index contributed by atoms with van der Waals surface area (Å²) in [5, 5.41) is 10.3. The van der Waals surface area contributed by atoms with E-state index in [1.165, 1.54) is 5.56 Å². The second-order valence-corrected chi connectivity index (χ2v) is 5.00. The lowest BCUT2D eigenvalue weighted by Crippen LogP contribution is -2.17. The molecule has 1 heterocycles. The number of aliphatic hydroxyl groups excluding tert-OH is 1. The molecular weight excluding hydrogens is 250 g/mol. The van der Waals surface area contributed by atoms with Crippen LogP contribution in [0.15, 0.2) is 48.7 Å². The van der Waals surface area contributed by atoms with Gasteiger partial charge in [0, 0.05) is 17.8 Å². The zero-order chi connectivity index (χ0) is 14.4. The summed E-state index contributed by atoms with van der Waals surface area (Å²) in [6, 6.07) is 13.8. The summed E-state index contributed by atoms with van der Waals surface area (Å²) in [5.74, 6) is 0.908. The lowest BCUT2D eigenvalue weighted by Gasteiger charge is -2.18. The van der Waals surface area contributed by atoms with Crippen molar-refractivity contribution in [1.82, 2.24) is 4.98 Å². The maximum absolute atomic E-state index is 10.3. The topological polar surface area (TPSA) is 42.4 Å². The molecule has 1 aromatic carbocycles. The second kappa shape index (κ2) is 7.06. The quantitative estimate of drug-likeness (QED) is 0.877. The van der Waals surface area contributed by atoms with Gasteiger partial charge < -0.3 is 9.84 Å². The van der Waals surface area contributed by atoms with Gasteiger partial charge >= 0.3 is 0 Å². The maximum Gasteiger partial charge on any atom is 0.118 e. The van der Waals surface area contributed by atoms with Gasteiger partial charge in [0.1, 0.15) is 5.75 Å². The molecule has 0 saturated carbocycles. The van der Waals surface area contributed by atoms with Gasteiger partial charge in [0.25, 0.3) is 0 Å². The van der Waals surface area contributed by atoms with Crippen LogP contribution >= 0.6 is 0 Å². The largest absolute Gasteiger partial charge is 0.497 e. The average Bonchev–Trinajstić information content (AvgIpc) is 2.53. The molecule has 2 atom stereocenters. The third-order valence-corrected chi connectivity index (χ3v) is 3.62. The summed E-state index contributed by atoms with van der Waals surface area (Å²) >= 11 is 0.